The van der Waals surface area contributed by atoms with Gasteiger partial charge in [0, 0.05) is 27.7 Å². The Kier molecular flexibility index (Phi) is 11.6. The summed E-state index contributed by atoms with van der Waals surface area (Å²) in [4.78, 5) is 48.9. The Morgan fingerprint density at radius 2 is 1.00 bits per heavy atom. The van der Waals surface area contributed by atoms with E-state index in [9.17, 15) is 19.2 Å². The minimum Gasteiger partial charge on any atom is -0.497 e. The van der Waals surface area contributed by atoms with Crippen molar-refractivity contribution < 1.29 is 57.1 Å². The molecule has 0 N–H and O–H groups in total. The number of ether oxygens (including phenoxy) is 8. The van der Waals surface area contributed by atoms with Gasteiger partial charge in [-0.05, 0) is 41.0 Å². The number of carbonyl (C=O) groups excluding carboxylic acids is 4. The van der Waals surface area contributed by atoms with Crippen molar-refractivity contribution >= 4 is 23.9 Å². The fourth-order valence-corrected chi connectivity index (χ4v) is 5.53. The largest absolute Gasteiger partial charge is 0.497 e. The number of methoxy groups -OCH3 is 2. The summed E-state index contributed by atoms with van der Waals surface area (Å²) in [5, 5.41) is 0. The molecule has 250 valence electrons. The van der Waals surface area contributed by atoms with Gasteiger partial charge in [0.15, 0.2) is 12.2 Å². The molecular formula is C35H38O12. The molecule has 0 spiro atoms. The number of benzene rings is 3. The highest BCUT2D eigenvalue weighted by atomic mass is 16.7. The van der Waals surface area contributed by atoms with E-state index in [1.165, 1.54) is 6.92 Å². The van der Waals surface area contributed by atoms with Crippen molar-refractivity contribution in [2.45, 2.75) is 64.0 Å². The Morgan fingerprint density at radius 3 is 1.45 bits per heavy atom. The highest BCUT2D eigenvalue weighted by molar-refractivity contribution is 5.69. The van der Waals surface area contributed by atoms with Gasteiger partial charge in [-0.25, -0.2) is 0 Å². The van der Waals surface area contributed by atoms with E-state index >= 15 is 0 Å². The van der Waals surface area contributed by atoms with E-state index in [-0.39, 0.29) is 6.61 Å². The van der Waals surface area contributed by atoms with Crippen LogP contribution in [0.5, 0.6) is 11.5 Å². The average Bonchev–Trinajstić information content (AvgIpc) is 3.04. The molecule has 3 aromatic rings. The third-order valence-electron chi connectivity index (χ3n) is 7.42. The Hall–Kier alpha value is -4.94. The summed E-state index contributed by atoms with van der Waals surface area (Å²) in [7, 11) is 3.13. The van der Waals surface area contributed by atoms with Gasteiger partial charge < -0.3 is 37.9 Å². The molecule has 12 nitrogen and oxygen atoms in total. The highest BCUT2D eigenvalue weighted by Gasteiger charge is 2.54. The number of rotatable bonds is 12. The van der Waals surface area contributed by atoms with Crippen molar-refractivity contribution in [2.75, 3.05) is 20.8 Å². The molecule has 1 saturated heterocycles. The third kappa shape index (κ3) is 8.27. The Balaban J connectivity index is 1.87. The van der Waals surface area contributed by atoms with Crippen LogP contribution in [0, 0.1) is 0 Å². The highest BCUT2D eigenvalue weighted by Crippen LogP contribution is 2.42. The maximum absolute atomic E-state index is 12.4. The van der Waals surface area contributed by atoms with Crippen molar-refractivity contribution in [3.63, 3.8) is 0 Å². The van der Waals surface area contributed by atoms with Gasteiger partial charge in [0.05, 0.1) is 20.8 Å². The predicted octanol–water partition coefficient (Wildman–Crippen LogP) is 4.10. The van der Waals surface area contributed by atoms with E-state index in [0.29, 0.717) is 22.6 Å². The van der Waals surface area contributed by atoms with Crippen LogP contribution < -0.4 is 9.47 Å². The standard InChI is InChI=1S/C35H38O12/c1-21(36)43-31-30(47-34(46-24(4)39)33(45-23(3)38)32(31)44-22(2)37)20-42-35(25-10-8-7-9-11-25,26-12-16-28(40-5)17-13-26)27-14-18-29(41-6)19-15-27/h7-19,30-34H,20H2,1-6H3/t30-,31-,32+,33+,34?/m1/s1. The van der Waals surface area contributed by atoms with Crippen LogP contribution in [0.2, 0.25) is 0 Å². The van der Waals surface area contributed by atoms with Crippen LogP contribution in [0.4, 0.5) is 0 Å². The van der Waals surface area contributed by atoms with Crippen LogP contribution in [-0.2, 0) is 53.2 Å². The van der Waals surface area contributed by atoms with Gasteiger partial charge in [-0.15, -0.1) is 0 Å². The van der Waals surface area contributed by atoms with Gasteiger partial charge in [-0.3, -0.25) is 19.2 Å². The zero-order valence-electron chi connectivity index (χ0n) is 27.0. The first kappa shape index (κ1) is 34.9. The molecule has 0 saturated carbocycles. The van der Waals surface area contributed by atoms with Crippen LogP contribution >= 0.6 is 0 Å². The van der Waals surface area contributed by atoms with Gasteiger partial charge in [-0.2, -0.15) is 0 Å². The monoisotopic (exact) mass is 650 g/mol. The molecule has 3 aromatic carbocycles. The summed E-state index contributed by atoms with van der Waals surface area (Å²) in [6.07, 6.45) is -6.94. The maximum atomic E-state index is 12.4. The lowest BCUT2D eigenvalue weighted by molar-refractivity contribution is -0.303. The number of esters is 4. The molecule has 12 heteroatoms. The second-order valence-electron chi connectivity index (χ2n) is 10.7. The average molecular weight is 651 g/mol. The number of hydrogen-bond donors (Lipinski definition) is 0. The Bertz CT molecular complexity index is 1470. The molecule has 0 aliphatic carbocycles. The lowest BCUT2D eigenvalue weighted by Crippen LogP contribution is -2.63. The minimum absolute atomic E-state index is 0.298. The molecule has 4 rings (SSSR count). The van der Waals surface area contributed by atoms with Crippen molar-refractivity contribution in [3.8, 4) is 11.5 Å². The molecule has 0 bridgehead atoms. The van der Waals surface area contributed by atoms with Crippen molar-refractivity contribution in [1.82, 2.24) is 0 Å². The van der Waals surface area contributed by atoms with E-state index in [1.54, 1.807) is 38.5 Å². The van der Waals surface area contributed by atoms with Gasteiger partial charge in [0.25, 0.3) is 0 Å². The molecular weight excluding hydrogens is 612 g/mol. The van der Waals surface area contributed by atoms with Crippen LogP contribution in [0.1, 0.15) is 44.4 Å². The van der Waals surface area contributed by atoms with E-state index < -0.39 is 60.2 Å². The Morgan fingerprint density at radius 1 is 0.574 bits per heavy atom. The summed E-state index contributed by atoms with van der Waals surface area (Å²) in [5.74, 6) is -1.77. The summed E-state index contributed by atoms with van der Waals surface area (Å²) < 4.78 is 45.9. The van der Waals surface area contributed by atoms with Crippen LogP contribution in [0.15, 0.2) is 78.9 Å². The topological polar surface area (TPSA) is 142 Å². The second-order valence-corrected chi connectivity index (χ2v) is 10.7. The van der Waals surface area contributed by atoms with Gasteiger partial charge in [0.2, 0.25) is 12.4 Å². The number of carbonyl (C=O) groups is 4. The molecule has 1 fully saturated rings. The Labute approximate surface area is 272 Å². The fraction of sp³-hybridized carbons (Fsp3) is 0.371. The summed E-state index contributed by atoms with van der Waals surface area (Å²) in [5.41, 5.74) is 0.853. The van der Waals surface area contributed by atoms with E-state index in [1.807, 2.05) is 54.6 Å². The van der Waals surface area contributed by atoms with E-state index in [0.717, 1.165) is 26.3 Å². The van der Waals surface area contributed by atoms with Crippen LogP contribution in [-0.4, -0.2) is 75.4 Å². The third-order valence-corrected chi connectivity index (χ3v) is 7.42. The number of hydrogen-bond acceptors (Lipinski definition) is 12. The molecule has 47 heavy (non-hydrogen) atoms. The molecule has 0 amide bonds. The lowest BCUT2D eigenvalue weighted by atomic mass is 9.80. The lowest BCUT2D eigenvalue weighted by Gasteiger charge is -2.45. The molecule has 1 heterocycles. The molecule has 0 radical (unpaired) electrons. The molecule has 1 unspecified atom stereocenters. The van der Waals surface area contributed by atoms with Gasteiger partial charge >= 0.3 is 23.9 Å². The first-order valence-corrected chi connectivity index (χ1v) is 14.8. The smallest absolute Gasteiger partial charge is 0.305 e. The zero-order chi connectivity index (χ0) is 34.1. The fourth-order valence-electron chi connectivity index (χ4n) is 5.53. The molecule has 1 aliphatic heterocycles. The zero-order valence-corrected chi connectivity index (χ0v) is 27.0. The predicted molar refractivity (Wildman–Crippen MR) is 165 cm³/mol. The molecule has 0 aromatic heterocycles. The van der Waals surface area contributed by atoms with E-state index in [4.69, 9.17) is 37.9 Å². The second kappa shape index (κ2) is 15.6. The summed E-state index contributed by atoms with van der Waals surface area (Å²) in [6, 6.07) is 24.1. The maximum Gasteiger partial charge on any atom is 0.305 e. The first-order valence-electron chi connectivity index (χ1n) is 14.8. The molecule has 5 atom stereocenters. The van der Waals surface area contributed by atoms with E-state index in [2.05, 4.69) is 0 Å². The van der Waals surface area contributed by atoms with Crippen molar-refractivity contribution in [2.24, 2.45) is 0 Å². The summed E-state index contributed by atoms with van der Waals surface area (Å²) in [6.45, 7) is 4.29. The van der Waals surface area contributed by atoms with Crippen molar-refractivity contribution in [3.05, 3.63) is 95.6 Å². The van der Waals surface area contributed by atoms with Gasteiger partial charge in [-0.1, -0.05) is 54.6 Å². The van der Waals surface area contributed by atoms with Crippen LogP contribution in [0.25, 0.3) is 0 Å². The minimum atomic E-state index is -1.53. The van der Waals surface area contributed by atoms with Crippen molar-refractivity contribution in [1.29, 1.82) is 0 Å². The first-order chi connectivity index (χ1) is 22.5. The van der Waals surface area contributed by atoms with Crippen LogP contribution in [0.3, 0.4) is 0 Å². The SMILES string of the molecule is COc1ccc(C(OC[C@H]2OC(OC(C)=O)[C@@H](OC(C)=O)[C@@H](OC(C)=O)[C@@H]2OC(C)=O)(c2ccccc2)c2ccc(OC)cc2)cc1. The normalized spacial score (nSPS) is 20.8. The quantitative estimate of drug-likeness (QED) is 0.158. The molecule has 1 aliphatic rings. The summed E-state index contributed by atoms with van der Waals surface area (Å²) >= 11 is 0. The van der Waals surface area contributed by atoms with Gasteiger partial charge in [0.1, 0.15) is 23.2 Å².